The molecule has 2 aromatic rings. The minimum absolute atomic E-state index is 0.330. The van der Waals surface area contributed by atoms with Crippen molar-refractivity contribution < 1.29 is 37.8 Å². The lowest BCUT2D eigenvalue weighted by Crippen LogP contribution is -2.44. The quantitative estimate of drug-likeness (QED) is 0.638. The summed E-state index contributed by atoms with van der Waals surface area (Å²) in [6.45, 7) is 0. The van der Waals surface area contributed by atoms with Gasteiger partial charge in [0.1, 0.15) is 11.3 Å². The number of rotatable bonds is 6. The molecule has 0 bridgehead atoms. The number of furan rings is 1. The summed E-state index contributed by atoms with van der Waals surface area (Å²) in [4.78, 5) is 21.5. The van der Waals surface area contributed by atoms with Gasteiger partial charge in [0.2, 0.25) is 0 Å². The van der Waals surface area contributed by atoms with E-state index in [-0.39, 0.29) is 4.90 Å². The highest BCUT2D eigenvalue weighted by molar-refractivity contribution is 7.89. The fourth-order valence-corrected chi connectivity index (χ4v) is 4.32. The third-order valence-electron chi connectivity index (χ3n) is 4.39. The van der Waals surface area contributed by atoms with Crippen LogP contribution >= 0.6 is 0 Å². The Morgan fingerprint density at radius 2 is 1.88 bits per heavy atom. The third kappa shape index (κ3) is 3.18. The number of sulfonamides is 1. The van der Waals surface area contributed by atoms with Crippen molar-refractivity contribution in [3.8, 4) is 0 Å². The van der Waals surface area contributed by atoms with Crippen molar-refractivity contribution in [3.63, 3.8) is 0 Å². The smallest absolute Gasteiger partial charge is 0.325 e. The first-order chi connectivity index (χ1) is 12.2. The Bertz CT molecular complexity index is 978. The van der Waals surface area contributed by atoms with Crippen molar-refractivity contribution in [2.24, 2.45) is 0 Å². The molecular weight excluding hydrogens is 366 g/mol. The van der Waals surface area contributed by atoms with Crippen molar-refractivity contribution in [2.75, 3.05) is 0 Å². The summed E-state index contributed by atoms with van der Waals surface area (Å²) in [6.07, 6.45) is 2.51. The van der Waals surface area contributed by atoms with Gasteiger partial charge in [0.15, 0.2) is 6.04 Å². The molecule has 0 spiro atoms. The van der Waals surface area contributed by atoms with E-state index in [0.717, 1.165) is 42.4 Å². The summed E-state index contributed by atoms with van der Waals surface area (Å²) in [5.41, 5.74) is 1.36. The number of carboxylic acid groups (broad SMARTS) is 2. The zero-order valence-corrected chi connectivity index (χ0v) is 14.4. The molecule has 0 aliphatic heterocycles. The monoisotopic (exact) mass is 383 g/mol. The molecule has 9 nitrogen and oxygen atoms in total. The highest BCUT2D eigenvalue weighted by atomic mass is 32.2. The second-order valence-electron chi connectivity index (χ2n) is 6.10. The van der Waals surface area contributed by atoms with Crippen LogP contribution < -0.4 is 0 Å². The summed E-state index contributed by atoms with van der Waals surface area (Å²) in [7, 11) is -4.64. The van der Waals surface area contributed by atoms with Gasteiger partial charge in [-0.3, -0.25) is 14.8 Å². The van der Waals surface area contributed by atoms with Crippen LogP contribution in [0.3, 0.4) is 0 Å². The molecule has 1 aromatic carbocycles. The van der Waals surface area contributed by atoms with E-state index in [2.05, 4.69) is 0 Å². The average molecular weight is 383 g/mol. The number of fused-ring (bicyclic) bond motifs is 3. The van der Waals surface area contributed by atoms with Crippen molar-refractivity contribution in [1.29, 1.82) is 0 Å². The van der Waals surface area contributed by atoms with Crippen LogP contribution in [-0.2, 0) is 32.5 Å². The Labute approximate surface area is 148 Å². The van der Waals surface area contributed by atoms with E-state index in [1.54, 1.807) is 6.07 Å². The zero-order chi connectivity index (χ0) is 19.1. The summed E-state index contributed by atoms with van der Waals surface area (Å²) in [6, 6.07) is 1.87. The van der Waals surface area contributed by atoms with Gasteiger partial charge in [-0.2, -0.15) is 0 Å². The number of carbonyl (C=O) groups is 2. The van der Waals surface area contributed by atoms with Crippen LogP contribution in [-0.4, -0.2) is 46.3 Å². The van der Waals surface area contributed by atoms with Gasteiger partial charge in [-0.1, -0.05) is 4.47 Å². The maximum absolute atomic E-state index is 12.5. The summed E-state index contributed by atoms with van der Waals surface area (Å²) in [5.74, 6) is -2.52. The molecule has 3 rings (SSSR count). The van der Waals surface area contributed by atoms with E-state index in [4.69, 9.17) is 14.6 Å². The molecule has 26 heavy (non-hydrogen) atoms. The number of aliphatic carboxylic acids is 2. The maximum Gasteiger partial charge on any atom is 0.325 e. The van der Waals surface area contributed by atoms with E-state index >= 15 is 0 Å². The first kappa shape index (κ1) is 18.4. The Balaban J connectivity index is 2.00. The Morgan fingerprint density at radius 1 is 1.19 bits per heavy atom. The van der Waals surface area contributed by atoms with Crippen LogP contribution in [0.25, 0.3) is 11.0 Å². The van der Waals surface area contributed by atoms with E-state index in [9.17, 15) is 23.2 Å². The molecule has 1 atom stereocenters. The molecule has 0 saturated carbocycles. The molecule has 3 N–H and O–H groups in total. The van der Waals surface area contributed by atoms with Gasteiger partial charge >= 0.3 is 11.9 Å². The normalized spacial score (nSPS) is 15.8. The van der Waals surface area contributed by atoms with Gasteiger partial charge in [0.25, 0.3) is 10.0 Å². The highest BCUT2D eigenvalue weighted by Gasteiger charge is 2.37. The molecule has 140 valence electrons. The lowest BCUT2D eigenvalue weighted by molar-refractivity contribution is -0.157. The topological polar surface area (TPSA) is 145 Å². The second kappa shape index (κ2) is 6.71. The SMILES string of the molecule is O=C(O)C[C@H](C(=O)O)N(O)S(=O)(=O)c1ccc2c3c(oc2c1)CCCC3. The van der Waals surface area contributed by atoms with Crippen LogP contribution in [0.4, 0.5) is 0 Å². The standard InChI is InChI=1S/C16H17NO8S/c18-15(19)8-12(16(20)21)17(22)26(23,24)9-5-6-11-10-3-1-2-4-13(10)25-14(11)7-9/h5-7,12,22H,1-4,8H2,(H,18,19)(H,20,21)/t12-/m1/s1. The predicted molar refractivity (Wildman–Crippen MR) is 87.3 cm³/mol. The van der Waals surface area contributed by atoms with E-state index in [0.29, 0.717) is 5.58 Å². The molecule has 1 aliphatic rings. The lowest BCUT2D eigenvalue weighted by atomic mass is 9.96. The molecule has 0 fully saturated rings. The fourth-order valence-electron chi connectivity index (χ4n) is 3.11. The van der Waals surface area contributed by atoms with Gasteiger partial charge in [0, 0.05) is 23.4 Å². The highest BCUT2D eigenvalue weighted by Crippen LogP contribution is 2.33. The second-order valence-corrected chi connectivity index (χ2v) is 7.89. The summed E-state index contributed by atoms with van der Waals surface area (Å²) >= 11 is 0. The predicted octanol–water partition coefficient (Wildman–Crippen LogP) is 1.62. The van der Waals surface area contributed by atoms with Crippen LogP contribution in [0, 0.1) is 0 Å². The number of benzene rings is 1. The summed E-state index contributed by atoms with van der Waals surface area (Å²) < 4.78 is 30.3. The van der Waals surface area contributed by atoms with Gasteiger partial charge in [-0.15, -0.1) is 0 Å². The van der Waals surface area contributed by atoms with Crippen LogP contribution in [0.5, 0.6) is 0 Å². The molecule has 0 unspecified atom stereocenters. The first-order valence-corrected chi connectivity index (χ1v) is 9.38. The molecule has 1 aromatic heterocycles. The Kier molecular flexibility index (Phi) is 4.74. The molecule has 0 amide bonds. The molecule has 1 heterocycles. The van der Waals surface area contributed by atoms with Crippen LogP contribution in [0.2, 0.25) is 0 Å². The zero-order valence-electron chi connectivity index (χ0n) is 13.6. The molecular formula is C16H17NO8S. The summed E-state index contributed by atoms with van der Waals surface area (Å²) in [5, 5.41) is 28.5. The van der Waals surface area contributed by atoms with Crippen LogP contribution in [0.15, 0.2) is 27.5 Å². The minimum Gasteiger partial charge on any atom is -0.481 e. The number of nitrogens with zero attached hydrogens (tertiary/aromatic N) is 1. The van der Waals surface area contributed by atoms with Crippen molar-refractivity contribution in [3.05, 3.63) is 29.5 Å². The molecule has 1 aliphatic carbocycles. The maximum atomic E-state index is 12.5. The van der Waals surface area contributed by atoms with E-state index < -0.39 is 38.9 Å². The van der Waals surface area contributed by atoms with E-state index in [1.807, 2.05) is 0 Å². The lowest BCUT2D eigenvalue weighted by Gasteiger charge is -2.20. The number of hydrogen-bond acceptors (Lipinski definition) is 6. The molecule has 0 saturated heterocycles. The van der Waals surface area contributed by atoms with Gasteiger partial charge in [-0.05, 0) is 31.4 Å². The van der Waals surface area contributed by atoms with Crippen LogP contribution in [0.1, 0.15) is 30.6 Å². The van der Waals surface area contributed by atoms with Crippen molar-refractivity contribution in [1.82, 2.24) is 4.47 Å². The number of aryl methyl sites for hydroxylation is 2. The average Bonchev–Trinajstić information content (AvgIpc) is 2.96. The van der Waals surface area contributed by atoms with Gasteiger partial charge in [0.05, 0.1) is 11.3 Å². The van der Waals surface area contributed by atoms with E-state index in [1.165, 1.54) is 12.1 Å². The van der Waals surface area contributed by atoms with Gasteiger partial charge < -0.3 is 14.6 Å². The third-order valence-corrected chi connectivity index (χ3v) is 5.99. The van der Waals surface area contributed by atoms with Crippen molar-refractivity contribution >= 4 is 32.9 Å². The minimum atomic E-state index is -4.64. The van der Waals surface area contributed by atoms with Crippen molar-refractivity contribution in [2.45, 2.75) is 43.0 Å². The first-order valence-electron chi connectivity index (χ1n) is 7.94. The number of hydroxylamine groups is 1. The number of hydrogen-bond donors (Lipinski definition) is 3. The molecule has 10 heteroatoms. The Morgan fingerprint density at radius 3 is 2.54 bits per heavy atom. The fraction of sp³-hybridized carbons (Fsp3) is 0.375. The number of carboxylic acids is 2. The molecule has 0 radical (unpaired) electrons. The Hall–Kier alpha value is -2.43. The largest absolute Gasteiger partial charge is 0.481 e. The van der Waals surface area contributed by atoms with Gasteiger partial charge in [-0.25, -0.2) is 8.42 Å².